The summed E-state index contributed by atoms with van der Waals surface area (Å²) in [6.45, 7) is 1.94. The second kappa shape index (κ2) is 7.40. The van der Waals surface area contributed by atoms with Crippen molar-refractivity contribution in [1.82, 2.24) is 10.2 Å². The molecule has 2 amide bonds. The molecule has 1 aromatic heterocycles. The van der Waals surface area contributed by atoms with Crippen LogP contribution >= 0.6 is 11.3 Å². The van der Waals surface area contributed by atoms with E-state index in [-0.39, 0.29) is 24.3 Å². The van der Waals surface area contributed by atoms with Crippen molar-refractivity contribution in [2.45, 2.75) is 44.7 Å². The molecular weight excluding hydrogens is 304 g/mol. The highest BCUT2D eigenvalue weighted by Crippen LogP contribution is 2.29. The summed E-state index contributed by atoms with van der Waals surface area (Å²) in [5, 5.41) is 15.4. The molecule has 0 spiro atoms. The van der Waals surface area contributed by atoms with Crippen molar-refractivity contribution in [1.29, 1.82) is 0 Å². The SMILES string of the molecule is CC(C(=O)O)N(C(=O)CCCNC(=O)c1ccsc1)C1CC1. The summed E-state index contributed by atoms with van der Waals surface area (Å²) in [6, 6.07) is 1.02. The minimum atomic E-state index is -0.981. The minimum Gasteiger partial charge on any atom is -0.480 e. The molecule has 1 aliphatic carbocycles. The number of rotatable bonds is 8. The Labute approximate surface area is 133 Å². The number of carbonyl (C=O) groups is 3. The van der Waals surface area contributed by atoms with Gasteiger partial charge >= 0.3 is 5.97 Å². The van der Waals surface area contributed by atoms with Gasteiger partial charge in [0, 0.05) is 30.0 Å². The minimum absolute atomic E-state index is 0.0685. The third-order valence-corrected chi connectivity index (χ3v) is 4.32. The summed E-state index contributed by atoms with van der Waals surface area (Å²) >= 11 is 1.45. The molecule has 2 N–H and O–H groups in total. The van der Waals surface area contributed by atoms with Gasteiger partial charge in [0.05, 0.1) is 0 Å². The normalized spacial score (nSPS) is 15.1. The Morgan fingerprint density at radius 2 is 2.18 bits per heavy atom. The first-order valence-corrected chi connectivity index (χ1v) is 8.29. The summed E-state index contributed by atoms with van der Waals surface area (Å²) < 4.78 is 0. The molecule has 22 heavy (non-hydrogen) atoms. The van der Waals surface area contributed by atoms with E-state index in [1.807, 2.05) is 5.38 Å². The summed E-state index contributed by atoms with van der Waals surface area (Å²) in [4.78, 5) is 36.5. The summed E-state index contributed by atoms with van der Waals surface area (Å²) in [5.74, 6) is -1.28. The summed E-state index contributed by atoms with van der Waals surface area (Å²) in [7, 11) is 0. The summed E-state index contributed by atoms with van der Waals surface area (Å²) in [5.41, 5.74) is 0.621. The number of hydrogen-bond donors (Lipinski definition) is 2. The highest BCUT2D eigenvalue weighted by atomic mass is 32.1. The van der Waals surface area contributed by atoms with Gasteiger partial charge in [-0.2, -0.15) is 11.3 Å². The Kier molecular flexibility index (Phi) is 5.54. The second-order valence-electron chi connectivity index (χ2n) is 5.42. The van der Waals surface area contributed by atoms with Crippen LogP contribution in [-0.4, -0.2) is 46.4 Å². The molecule has 7 heteroatoms. The van der Waals surface area contributed by atoms with Crippen LogP contribution in [0.4, 0.5) is 0 Å². The zero-order chi connectivity index (χ0) is 16.1. The maximum absolute atomic E-state index is 12.2. The molecule has 1 saturated carbocycles. The van der Waals surface area contributed by atoms with Crippen LogP contribution in [0, 0.1) is 0 Å². The smallest absolute Gasteiger partial charge is 0.326 e. The molecule has 1 unspecified atom stereocenters. The van der Waals surface area contributed by atoms with Crippen molar-refractivity contribution in [3.8, 4) is 0 Å². The highest BCUT2D eigenvalue weighted by Gasteiger charge is 2.37. The fourth-order valence-corrected chi connectivity index (χ4v) is 2.91. The van der Waals surface area contributed by atoms with Crippen LogP contribution in [0.3, 0.4) is 0 Å². The number of hydrogen-bond acceptors (Lipinski definition) is 4. The fraction of sp³-hybridized carbons (Fsp3) is 0.533. The lowest BCUT2D eigenvalue weighted by molar-refractivity contribution is -0.150. The predicted molar refractivity (Wildman–Crippen MR) is 82.9 cm³/mol. The van der Waals surface area contributed by atoms with Gasteiger partial charge in [0.15, 0.2) is 0 Å². The van der Waals surface area contributed by atoms with Crippen molar-refractivity contribution in [3.05, 3.63) is 22.4 Å². The van der Waals surface area contributed by atoms with Gasteiger partial charge in [0.1, 0.15) is 6.04 Å². The molecule has 1 aliphatic rings. The number of thiophene rings is 1. The highest BCUT2D eigenvalue weighted by molar-refractivity contribution is 7.08. The topological polar surface area (TPSA) is 86.7 Å². The standard InChI is InChI=1S/C15H20N2O4S/c1-10(15(20)21)17(12-4-5-12)13(18)3-2-7-16-14(19)11-6-8-22-9-11/h6,8-10,12H,2-5,7H2,1H3,(H,16,19)(H,20,21). The van der Waals surface area contributed by atoms with Crippen molar-refractivity contribution in [3.63, 3.8) is 0 Å². The maximum Gasteiger partial charge on any atom is 0.326 e. The van der Waals surface area contributed by atoms with Crippen LogP contribution in [0.25, 0.3) is 0 Å². The Morgan fingerprint density at radius 1 is 1.45 bits per heavy atom. The number of carboxylic acid groups (broad SMARTS) is 1. The van der Waals surface area contributed by atoms with Gasteiger partial charge in [-0.05, 0) is 37.6 Å². The van der Waals surface area contributed by atoms with E-state index in [1.54, 1.807) is 11.4 Å². The largest absolute Gasteiger partial charge is 0.480 e. The molecule has 0 bridgehead atoms. The molecule has 0 radical (unpaired) electrons. The first-order chi connectivity index (χ1) is 10.5. The molecule has 1 aromatic rings. The van der Waals surface area contributed by atoms with Crippen LogP contribution in [-0.2, 0) is 9.59 Å². The second-order valence-corrected chi connectivity index (χ2v) is 6.20. The molecule has 0 aromatic carbocycles. The molecule has 2 rings (SSSR count). The number of amides is 2. The molecular formula is C15H20N2O4S. The van der Waals surface area contributed by atoms with Crippen molar-refractivity contribution in [2.75, 3.05) is 6.54 Å². The number of nitrogens with zero attached hydrogens (tertiary/aromatic N) is 1. The van der Waals surface area contributed by atoms with E-state index in [4.69, 9.17) is 5.11 Å². The average Bonchev–Trinajstić information content (AvgIpc) is 3.15. The zero-order valence-corrected chi connectivity index (χ0v) is 13.3. The van der Waals surface area contributed by atoms with Crippen LogP contribution < -0.4 is 5.32 Å². The Balaban J connectivity index is 1.74. The monoisotopic (exact) mass is 324 g/mol. The summed E-state index contributed by atoms with van der Waals surface area (Å²) in [6.07, 6.45) is 2.50. The molecule has 1 fully saturated rings. The Morgan fingerprint density at radius 3 is 2.73 bits per heavy atom. The van der Waals surface area contributed by atoms with Gasteiger partial charge in [0.25, 0.3) is 5.91 Å². The van der Waals surface area contributed by atoms with Crippen molar-refractivity contribution < 1.29 is 19.5 Å². The molecule has 1 atom stereocenters. The number of carbonyl (C=O) groups excluding carboxylic acids is 2. The lowest BCUT2D eigenvalue weighted by Crippen LogP contribution is -2.44. The van der Waals surface area contributed by atoms with Gasteiger partial charge in [-0.15, -0.1) is 0 Å². The van der Waals surface area contributed by atoms with Gasteiger partial charge in [0.2, 0.25) is 5.91 Å². The van der Waals surface area contributed by atoms with Crippen molar-refractivity contribution >= 4 is 29.1 Å². The average molecular weight is 324 g/mol. The first kappa shape index (κ1) is 16.5. The molecule has 6 nitrogen and oxygen atoms in total. The van der Waals surface area contributed by atoms with Crippen LogP contribution in [0.1, 0.15) is 43.0 Å². The van der Waals surface area contributed by atoms with E-state index in [0.717, 1.165) is 12.8 Å². The molecule has 0 aliphatic heterocycles. The lowest BCUT2D eigenvalue weighted by Gasteiger charge is -2.26. The van der Waals surface area contributed by atoms with Gasteiger partial charge in [-0.3, -0.25) is 9.59 Å². The Hall–Kier alpha value is -1.89. The maximum atomic E-state index is 12.2. The number of carboxylic acids is 1. The zero-order valence-electron chi connectivity index (χ0n) is 12.4. The van der Waals surface area contributed by atoms with E-state index >= 15 is 0 Å². The Bertz CT molecular complexity index is 540. The van der Waals surface area contributed by atoms with Gasteiger partial charge < -0.3 is 15.3 Å². The van der Waals surface area contributed by atoms with Crippen molar-refractivity contribution in [2.24, 2.45) is 0 Å². The van der Waals surface area contributed by atoms with Crippen LogP contribution in [0.5, 0.6) is 0 Å². The molecule has 1 heterocycles. The van der Waals surface area contributed by atoms with Crippen LogP contribution in [0.15, 0.2) is 16.8 Å². The third-order valence-electron chi connectivity index (χ3n) is 3.64. The van der Waals surface area contributed by atoms with E-state index in [0.29, 0.717) is 18.5 Å². The van der Waals surface area contributed by atoms with E-state index in [9.17, 15) is 14.4 Å². The van der Waals surface area contributed by atoms with E-state index in [1.165, 1.54) is 23.2 Å². The lowest BCUT2D eigenvalue weighted by atomic mass is 10.2. The molecule has 0 saturated heterocycles. The fourth-order valence-electron chi connectivity index (χ4n) is 2.27. The predicted octanol–water partition coefficient (Wildman–Crippen LogP) is 1.72. The first-order valence-electron chi connectivity index (χ1n) is 7.35. The van der Waals surface area contributed by atoms with Gasteiger partial charge in [-0.1, -0.05) is 0 Å². The van der Waals surface area contributed by atoms with Gasteiger partial charge in [-0.25, -0.2) is 4.79 Å². The number of nitrogens with one attached hydrogen (secondary N) is 1. The van der Waals surface area contributed by atoms with E-state index in [2.05, 4.69) is 5.32 Å². The molecule has 120 valence electrons. The third kappa shape index (κ3) is 4.30. The number of aliphatic carboxylic acids is 1. The van der Waals surface area contributed by atoms with E-state index < -0.39 is 12.0 Å². The quantitative estimate of drug-likeness (QED) is 0.713. The van der Waals surface area contributed by atoms with Crippen LogP contribution in [0.2, 0.25) is 0 Å².